The van der Waals surface area contributed by atoms with Gasteiger partial charge in [0.05, 0.1) is 0 Å². The summed E-state index contributed by atoms with van der Waals surface area (Å²) in [5.41, 5.74) is 0. The summed E-state index contributed by atoms with van der Waals surface area (Å²) in [6, 6.07) is 0. The van der Waals surface area contributed by atoms with E-state index in [0.29, 0.717) is 0 Å². The monoisotopic (exact) mass is 220 g/mol. The van der Waals surface area contributed by atoms with E-state index in [2.05, 4.69) is 0 Å². The van der Waals surface area contributed by atoms with Gasteiger partial charge in [-0.2, -0.15) is 0 Å². The Morgan fingerprint density at radius 1 is 0.889 bits per heavy atom. The van der Waals surface area contributed by atoms with Crippen molar-refractivity contribution in [2.24, 2.45) is 0 Å². The van der Waals surface area contributed by atoms with E-state index in [1.165, 1.54) is 0 Å². The van der Waals surface area contributed by atoms with E-state index in [0.717, 1.165) is 0 Å². The number of rotatable bonds is 0. The molecule has 9 heavy (non-hydrogen) atoms. The summed E-state index contributed by atoms with van der Waals surface area (Å²) in [5.74, 6) is 0. The standard InChI is InChI=1S/Li.3Na.H2O4Se/c;;;;1-5(2,3)4/h;;;;(H2,1,2,3,4)/q4*+1;/p-2. The third kappa shape index (κ3) is 81.7. The van der Waals surface area contributed by atoms with E-state index in [1.807, 2.05) is 0 Å². The number of hydrogen-bond donors (Lipinski definition) is 0. The normalized spacial score (nSPS) is 6.44. The van der Waals surface area contributed by atoms with Crippen LogP contribution in [-0.2, 0) is 7.67 Å². The van der Waals surface area contributed by atoms with Crippen molar-refractivity contribution in [2.75, 3.05) is 0 Å². The first-order valence-electron chi connectivity index (χ1n) is 0.667. The van der Waals surface area contributed by atoms with Gasteiger partial charge in [-0.25, -0.2) is 0 Å². The average molecular weight is 219 g/mol. The predicted molar refractivity (Wildman–Crippen MR) is 7.13 cm³/mol. The van der Waals surface area contributed by atoms with Crippen LogP contribution in [0.2, 0.25) is 0 Å². The van der Waals surface area contributed by atoms with E-state index in [9.17, 15) is 0 Å². The predicted octanol–water partition coefficient (Wildman–Crippen LogP) is -15.0. The first-order chi connectivity index (χ1) is 2.00. The second kappa shape index (κ2) is 14.2. The molecule has 0 aromatic carbocycles. The third-order valence-corrected chi connectivity index (χ3v) is 0. The van der Waals surface area contributed by atoms with E-state index in [1.54, 1.807) is 0 Å². The Hall–Kier alpha value is 3.64. The Labute approximate surface area is 134 Å². The van der Waals surface area contributed by atoms with Crippen molar-refractivity contribution in [3.8, 4) is 0 Å². The molecule has 0 radical (unpaired) electrons. The maximum Gasteiger partial charge on any atom is 1.00 e. The van der Waals surface area contributed by atoms with Crippen LogP contribution in [-0.4, -0.2) is 13.4 Å². The van der Waals surface area contributed by atoms with Crippen molar-refractivity contribution in [1.29, 1.82) is 0 Å². The Balaban J connectivity index is -0.0000000133. The molecule has 0 aliphatic rings. The molecule has 0 spiro atoms. The van der Waals surface area contributed by atoms with Gasteiger partial charge in [-0.05, 0) is 0 Å². The van der Waals surface area contributed by atoms with Crippen molar-refractivity contribution in [1.82, 2.24) is 0 Å². The van der Waals surface area contributed by atoms with Gasteiger partial charge in [0.1, 0.15) is 0 Å². The van der Waals surface area contributed by atoms with Crippen molar-refractivity contribution < 1.29 is 124 Å². The summed E-state index contributed by atoms with van der Waals surface area (Å²) in [6.07, 6.45) is 0. The molecule has 32 valence electrons. The van der Waals surface area contributed by atoms with Crippen LogP contribution < -0.4 is 116 Å². The molecule has 0 N–H and O–H groups in total. The maximum atomic E-state index is 8.59. The van der Waals surface area contributed by atoms with Gasteiger partial charge in [0.25, 0.3) is 0 Å². The minimum Gasteiger partial charge on any atom is 1.00 e. The fourth-order valence-electron chi connectivity index (χ4n) is 0. The molecule has 0 bridgehead atoms. The molecule has 0 rings (SSSR count). The van der Waals surface area contributed by atoms with E-state index < -0.39 is 13.4 Å². The van der Waals surface area contributed by atoms with Gasteiger partial charge in [-0.1, -0.05) is 0 Å². The van der Waals surface area contributed by atoms with Crippen molar-refractivity contribution in [3.63, 3.8) is 0 Å². The van der Waals surface area contributed by atoms with Gasteiger partial charge in [-0.15, -0.1) is 0 Å². The molecule has 9 heteroatoms. The van der Waals surface area contributed by atoms with Gasteiger partial charge in [0, 0.05) is 0 Å². The largest absolute Gasteiger partial charge is 1.00 e. The smallest absolute Gasteiger partial charge is 1.00 e. The third-order valence-electron chi connectivity index (χ3n) is 0. The van der Waals surface area contributed by atoms with Crippen molar-refractivity contribution >= 4 is 13.4 Å². The van der Waals surface area contributed by atoms with Crippen LogP contribution in [0, 0.1) is 0 Å². The maximum absolute atomic E-state index is 8.59. The van der Waals surface area contributed by atoms with Gasteiger partial charge < -0.3 is 0 Å². The van der Waals surface area contributed by atoms with Crippen LogP contribution in [0.5, 0.6) is 0 Å². The molecule has 0 heterocycles. The quantitative estimate of drug-likeness (QED) is 0.379. The first-order valence-corrected chi connectivity index (χ1v) is 3.46. The van der Waals surface area contributed by atoms with Crippen LogP contribution in [0.15, 0.2) is 0 Å². The van der Waals surface area contributed by atoms with Crippen LogP contribution in [0.25, 0.3) is 0 Å². The van der Waals surface area contributed by atoms with Crippen molar-refractivity contribution in [2.45, 2.75) is 0 Å². The van der Waals surface area contributed by atoms with Crippen LogP contribution in [0.1, 0.15) is 0 Å². The molecule has 0 saturated carbocycles. The summed E-state index contributed by atoms with van der Waals surface area (Å²) in [4.78, 5) is 0. The zero-order valence-corrected chi connectivity index (χ0v) is 13.8. The molecule has 0 aromatic heterocycles. The molecular weight excluding hydrogens is 219 g/mol. The summed E-state index contributed by atoms with van der Waals surface area (Å²) < 4.78 is 34.4. The van der Waals surface area contributed by atoms with Gasteiger partial charge in [0.2, 0.25) is 0 Å². The molecule has 0 unspecified atom stereocenters. The fourth-order valence-corrected chi connectivity index (χ4v) is 0. The van der Waals surface area contributed by atoms with Crippen LogP contribution in [0.4, 0.5) is 0 Å². The zero-order chi connectivity index (χ0) is 4.50. The molecule has 0 aromatic rings. The summed E-state index contributed by atoms with van der Waals surface area (Å²) in [7, 11) is 0. The van der Waals surface area contributed by atoms with E-state index in [4.69, 9.17) is 16.0 Å². The average Bonchev–Trinajstić information content (AvgIpc) is 0.722. The molecule has 0 aliphatic heterocycles. The summed E-state index contributed by atoms with van der Waals surface area (Å²) >= 11 is -5.75. The fraction of sp³-hybridized carbons (Fsp3) is 0. The molecule has 0 amide bonds. The van der Waals surface area contributed by atoms with Gasteiger partial charge in [-0.3, -0.25) is 0 Å². The Kier molecular flexibility index (Phi) is 46.2. The zero-order valence-electron chi connectivity index (χ0n) is 6.04. The SMILES string of the molecule is O=[Se](=O)([O-])[O-].[Li+].[Na+].[Na+].[Na+]. The Morgan fingerprint density at radius 3 is 0.889 bits per heavy atom. The minimum absolute atomic E-state index is 0. The molecular formula is LiNa3O4Se+2. The van der Waals surface area contributed by atoms with Crippen molar-refractivity contribution in [3.05, 3.63) is 0 Å². The second-order valence-electron chi connectivity index (χ2n) is 0.408. The summed E-state index contributed by atoms with van der Waals surface area (Å²) in [5, 5.41) is 0. The summed E-state index contributed by atoms with van der Waals surface area (Å²) in [6.45, 7) is 0. The Bertz CT molecular complexity index is 99.0. The van der Waals surface area contributed by atoms with E-state index in [-0.39, 0.29) is 108 Å². The van der Waals surface area contributed by atoms with E-state index >= 15 is 0 Å². The molecule has 4 nitrogen and oxygen atoms in total. The molecule has 0 saturated heterocycles. The van der Waals surface area contributed by atoms with Crippen LogP contribution >= 0.6 is 0 Å². The first kappa shape index (κ1) is 29.3. The molecule has 0 fully saturated rings. The topological polar surface area (TPSA) is 80.3 Å². The van der Waals surface area contributed by atoms with Gasteiger partial charge >= 0.3 is 137 Å². The second-order valence-corrected chi connectivity index (χ2v) is 2.12. The van der Waals surface area contributed by atoms with Crippen LogP contribution in [0.3, 0.4) is 0 Å². The Morgan fingerprint density at radius 2 is 0.889 bits per heavy atom. The molecule has 0 aliphatic carbocycles. The number of hydrogen-bond acceptors (Lipinski definition) is 4. The van der Waals surface area contributed by atoms with Gasteiger partial charge in [0.15, 0.2) is 0 Å². The minimum atomic E-state index is -5.75. The molecule has 0 atom stereocenters.